The van der Waals surface area contributed by atoms with Gasteiger partial charge in [0.2, 0.25) is 0 Å². The summed E-state index contributed by atoms with van der Waals surface area (Å²) in [4.78, 5) is 24.0. The van der Waals surface area contributed by atoms with Gasteiger partial charge in [0.25, 0.3) is 5.91 Å². The molecule has 1 fully saturated rings. The third kappa shape index (κ3) is 7.29. The number of carbonyl (C=O) groups is 1. The Balaban J connectivity index is 1.31. The summed E-state index contributed by atoms with van der Waals surface area (Å²) in [6.45, 7) is 11.0. The number of aromatic nitrogens is 2. The second-order valence-corrected chi connectivity index (χ2v) is 11.4. The van der Waals surface area contributed by atoms with E-state index in [4.69, 9.17) is 21.1 Å². The lowest BCUT2D eigenvalue weighted by Gasteiger charge is -2.27. The summed E-state index contributed by atoms with van der Waals surface area (Å²) < 4.78 is 11.5. The molecule has 0 atom stereocenters. The molecule has 5 rings (SSSR count). The smallest absolute Gasteiger partial charge is 0.251 e. The summed E-state index contributed by atoms with van der Waals surface area (Å²) in [5.41, 5.74) is 3.19. The fourth-order valence-electron chi connectivity index (χ4n) is 4.60. The van der Waals surface area contributed by atoms with Gasteiger partial charge in [0.15, 0.2) is 0 Å². The molecule has 9 nitrogen and oxygen atoms in total. The van der Waals surface area contributed by atoms with E-state index >= 15 is 0 Å². The molecule has 1 amide bonds. The van der Waals surface area contributed by atoms with Crippen LogP contribution in [0, 0.1) is 0 Å². The fourth-order valence-corrected chi connectivity index (χ4v) is 4.82. The number of hydrogen-bond acceptors (Lipinski definition) is 8. The SMILES string of the molecule is CC(C)(C)NC(=O)c1cccc(Oc2ccc(Nc3ncnc4c3C=C(CN3CCOCC3)CCN4)cc2Cl)c1. The zero-order valence-corrected chi connectivity index (χ0v) is 23.8. The topological polar surface area (TPSA) is 101 Å². The van der Waals surface area contributed by atoms with Crippen molar-refractivity contribution >= 4 is 40.9 Å². The van der Waals surface area contributed by atoms with Crippen LogP contribution in [-0.2, 0) is 4.74 Å². The summed E-state index contributed by atoms with van der Waals surface area (Å²) in [6, 6.07) is 12.5. The van der Waals surface area contributed by atoms with Crippen molar-refractivity contribution in [2.75, 3.05) is 50.0 Å². The third-order valence-corrected chi connectivity index (χ3v) is 6.80. The molecule has 10 heteroatoms. The quantitative estimate of drug-likeness (QED) is 0.336. The van der Waals surface area contributed by atoms with Crippen molar-refractivity contribution in [1.29, 1.82) is 0 Å². The van der Waals surface area contributed by atoms with Gasteiger partial charge >= 0.3 is 0 Å². The molecule has 3 heterocycles. The van der Waals surface area contributed by atoms with Crippen LogP contribution < -0.4 is 20.7 Å². The number of ether oxygens (including phenoxy) is 2. The van der Waals surface area contributed by atoms with Crippen LogP contribution in [0.25, 0.3) is 6.08 Å². The lowest BCUT2D eigenvalue weighted by molar-refractivity contribution is 0.0421. The molecular formula is C30H35ClN6O3. The van der Waals surface area contributed by atoms with Gasteiger partial charge in [0.1, 0.15) is 29.5 Å². The molecule has 40 heavy (non-hydrogen) atoms. The van der Waals surface area contributed by atoms with Gasteiger partial charge in [-0.05, 0) is 69.7 Å². The molecule has 0 unspecified atom stereocenters. The molecule has 3 aromatic rings. The predicted molar refractivity (Wildman–Crippen MR) is 159 cm³/mol. The monoisotopic (exact) mass is 562 g/mol. The highest BCUT2D eigenvalue weighted by Crippen LogP contribution is 2.34. The Morgan fingerprint density at radius 1 is 1.15 bits per heavy atom. The lowest BCUT2D eigenvalue weighted by Crippen LogP contribution is -2.40. The number of nitrogens with one attached hydrogen (secondary N) is 3. The van der Waals surface area contributed by atoms with Gasteiger partial charge in [-0.3, -0.25) is 9.69 Å². The number of fused-ring (bicyclic) bond motifs is 1. The molecule has 2 aromatic carbocycles. The number of carbonyl (C=O) groups excluding carboxylic acids is 1. The highest BCUT2D eigenvalue weighted by atomic mass is 35.5. The first-order valence-electron chi connectivity index (χ1n) is 13.5. The van der Waals surface area contributed by atoms with Crippen LogP contribution in [0.2, 0.25) is 5.02 Å². The minimum Gasteiger partial charge on any atom is -0.456 e. The van der Waals surface area contributed by atoms with Gasteiger partial charge in [-0.15, -0.1) is 0 Å². The zero-order chi connectivity index (χ0) is 28.1. The van der Waals surface area contributed by atoms with Crippen molar-refractivity contribution in [2.24, 2.45) is 0 Å². The lowest BCUT2D eigenvalue weighted by atomic mass is 10.1. The van der Waals surface area contributed by atoms with E-state index in [0.29, 0.717) is 27.9 Å². The molecule has 2 aliphatic rings. The average Bonchev–Trinajstić information content (AvgIpc) is 3.13. The number of anilines is 3. The average molecular weight is 563 g/mol. The number of morpholine rings is 1. The van der Waals surface area contributed by atoms with Crippen LogP contribution in [-0.4, -0.2) is 65.7 Å². The molecule has 1 aromatic heterocycles. The number of benzene rings is 2. The van der Waals surface area contributed by atoms with Crippen LogP contribution in [0.1, 0.15) is 43.1 Å². The van der Waals surface area contributed by atoms with Crippen molar-refractivity contribution in [3.63, 3.8) is 0 Å². The number of halogens is 1. The predicted octanol–water partition coefficient (Wildman–Crippen LogP) is 5.73. The summed E-state index contributed by atoms with van der Waals surface area (Å²) in [5, 5.41) is 10.2. The third-order valence-electron chi connectivity index (χ3n) is 6.51. The Morgan fingerprint density at radius 3 is 2.75 bits per heavy atom. The molecule has 210 valence electrons. The Morgan fingerprint density at radius 2 is 1.98 bits per heavy atom. The van der Waals surface area contributed by atoms with E-state index < -0.39 is 0 Å². The minimum atomic E-state index is -0.335. The molecule has 2 aliphatic heterocycles. The van der Waals surface area contributed by atoms with E-state index in [1.54, 1.807) is 42.7 Å². The van der Waals surface area contributed by atoms with Crippen LogP contribution >= 0.6 is 11.6 Å². The van der Waals surface area contributed by atoms with E-state index in [1.807, 2.05) is 26.8 Å². The van der Waals surface area contributed by atoms with Gasteiger partial charge in [-0.1, -0.05) is 23.2 Å². The van der Waals surface area contributed by atoms with E-state index in [-0.39, 0.29) is 11.4 Å². The minimum absolute atomic E-state index is 0.163. The summed E-state index contributed by atoms with van der Waals surface area (Å²) in [5.74, 6) is 2.34. The summed E-state index contributed by atoms with van der Waals surface area (Å²) in [7, 11) is 0. The highest BCUT2D eigenvalue weighted by Gasteiger charge is 2.19. The second kappa shape index (κ2) is 12.2. The molecule has 0 spiro atoms. The molecule has 0 radical (unpaired) electrons. The first kappa shape index (κ1) is 27.9. The standard InChI is InChI=1S/C30H35ClN6O3/c1-30(2,3)36-29(38)21-5-4-6-23(16-21)40-26-8-7-22(17-25(26)31)35-28-24-15-20(18-37-11-13-39-14-12-37)9-10-32-27(24)33-19-34-28/h4-8,15-17,19H,9-14,18H2,1-3H3,(H,36,38)(H2,32,33,34,35). The maximum atomic E-state index is 12.6. The van der Waals surface area contributed by atoms with E-state index in [2.05, 4.69) is 36.9 Å². The Kier molecular flexibility index (Phi) is 8.54. The molecule has 0 saturated carbocycles. The van der Waals surface area contributed by atoms with Gasteiger partial charge in [0, 0.05) is 43.0 Å². The van der Waals surface area contributed by atoms with Crippen LogP contribution in [0.3, 0.4) is 0 Å². The molecule has 0 bridgehead atoms. The van der Waals surface area contributed by atoms with E-state index in [0.717, 1.165) is 62.9 Å². The van der Waals surface area contributed by atoms with E-state index in [1.165, 1.54) is 5.57 Å². The van der Waals surface area contributed by atoms with Crippen LogP contribution in [0.4, 0.5) is 17.3 Å². The number of amides is 1. The molecule has 3 N–H and O–H groups in total. The van der Waals surface area contributed by atoms with Crippen molar-refractivity contribution in [2.45, 2.75) is 32.7 Å². The van der Waals surface area contributed by atoms with Gasteiger partial charge in [-0.2, -0.15) is 0 Å². The zero-order valence-electron chi connectivity index (χ0n) is 23.1. The van der Waals surface area contributed by atoms with Crippen molar-refractivity contribution in [3.8, 4) is 11.5 Å². The van der Waals surface area contributed by atoms with Crippen molar-refractivity contribution < 1.29 is 14.3 Å². The number of rotatable bonds is 7. The van der Waals surface area contributed by atoms with Crippen molar-refractivity contribution in [1.82, 2.24) is 20.2 Å². The number of nitrogens with zero attached hydrogens (tertiary/aromatic N) is 3. The Labute approximate surface area is 239 Å². The van der Waals surface area contributed by atoms with Gasteiger partial charge < -0.3 is 25.4 Å². The van der Waals surface area contributed by atoms with Gasteiger partial charge in [-0.25, -0.2) is 9.97 Å². The van der Waals surface area contributed by atoms with Gasteiger partial charge in [0.05, 0.1) is 23.8 Å². The maximum Gasteiger partial charge on any atom is 0.251 e. The number of hydrogen-bond donors (Lipinski definition) is 3. The Bertz CT molecular complexity index is 1400. The summed E-state index contributed by atoms with van der Waals surface area (Å²) >= 11 is 6.62. The molecule has 1 saturated heterocycles. The van der Waals surface area contributed by atoms with Crippen LogP contribution in [0.15, 0.2) is 54.4 Å². The maximum absolute atomic E-state index is 12.6. The largest absolute Gasteiger partial charge is 0.456 e. The molecule has 0 aliphatic carbocycles. The van der Waals surface area contributed by atoms with Crippen LogP contribution in [0.5, 0.6) is 11.5 Å². The second-order valence-electron chi connectivity index (χ2n) is 11.0. The van der Waals surface area contributed by atoms with Crippen molar-refractivity contribution in [3.05, 3.63) is 70.5 Å². The first-order valence-corrected chi connectivity index (χ1v) is 13.9. The fraction of sp³-hybridized carbons (Fsp3) is 0.367. The first-order chi connectivity index (χ1) is 19.2. The Hall–Kier alpha value is -3.66. The molecular weight excluding hydrogens is 528 g/mol. The van der Waals surface area contributed by atoms with E-state index in [9.17, 15) is 4.79 Å². The normalized spacial score (nSPS) is 15.8. The highest BCUT2D eigenvalue weighted by molar-refractivity contribution is 6.32. The summed E-state index contributed by atoms with van der Waals surface area (Å²) in [6.07, 6.45) is 4.68.